The molecule has 0 aliphatic rings. The van der Waals surface area contributed by atoms with Crippen LogP contribution < -0.4 is 10.4 Å². The Hall–Kier alpha value is -1.90. The Morgan fingerprint density at radius 1 is 0.933 bits per heavy atom. The molecule has 2 rings (SSSR count). The molecule has 0 amide bonds. The van der Waals surface area contributed by atoms with Gasteiger partial charge in [0.2, 0.25) is 0 Å². The zero-order chi connectivity index (χ0) is 22.2. The molecule has 2 aromatic rings. The second-order valence-corrected chi connectivity index (χ2v) is 13.3. The Morgan fingerprint density at radius 3 is 1.83 bits per heavy atom. The summed E-state index contributed by atoms with van der Waals surface area (Å²) >= 11 is 0. The van der Waals surface area contributed by atoms with Crippen molar-refractivity contribution in [3.8, 4) is 12.3 Å². The van der Waals surface area contributed by atoms with Crippen LogP contribution in [0.4, 0.5) is 0 Å². The van der Waals surface area contributed by atoms with E-state index in [1.165, 1.54) is 10.4 Å². The molecule has 162 valence electrons. The van der Waals surface area contributed by atoms with Crippen LogP contribution in [0.3, 0.4) is 0 Å². The van der Waals surface area contributed by atoms with Crippen LogP contribution in [0, 0.1) is 24.2 Å². The van der Waals surface area contributed by atoms with Crippen molar-refractivity contribution in [2.45, 2.75) is 45.8 Å². The first-order valence-corrected chi connectivity index (χ1v) is 12.5. The highest BCUT2D eigenvalue weighted by Gasteiger charge is 2.50. The van der Waals surface area contributed by atoms with Gasteiger partial charge in [0.15, 0.2) is 0 Å². The van der Waals surface area contributed by atoms with Gasteiger partial charge in [0.1, 0.15) is 6.79 Å². The summed E-state index contributed by atoms with van der Waals surface area (Å²) < 4.78 is 18.1. The van der Waals surface area contributed by atoms with E-state index in [4.69, 9.17) is 20.3 Å². The molecule has 30 heavy (non-hydrogen) atoms. The molecule has 3 atom stereocenters. The minimum Gasteiger partial charge on any atom is -0.407 e. The SMILES string of the molecule is C#C[C@H](C)[C@H](OCOC)[C@H](C)CO[Si](c1ccccc1)(c1ccccc1)C(C)(C)C. The monoisotopic (exact) mass is 424 g/mol. The fraction of sp³-hybridized carbons (Fsp3) is 0.462. The van der Waals surface area contributed by atoms with Gasteiger partial charge in [0.25, 0.3) is 8.32 Å². The third-order valence-corrected chi connectivity index (χ3v) is 10.7. The summed E-state index contributed by atoms with van der Waals surface area (Å²) in [7, 11) is -0.947. The molecule has 3 nitrogen and oxygen atoms in total. The van der Waals surface area contributed by atoms with Gasteiger partial charge in [0.05, 0.1) is 6.10 Å². The average Bonchev–Trinajstić information content (AvgIpc) is 2.74. The predicted octanol–water partition coefficient (Wildman–Crippen LogP) is 4.46. The van der Waals surface area contributed by atoms with Crippen LogP contribution in [0.1, 0.15) is 34.6 Å². The summed E-state index contributed by atoms with van der Waals surface area (Å²) in [5.74, 6) is 2.91. The number of hydrogen-bond acceptors (Lipinski definition) is 3. The Morgan fingerprint density at radius 2 is 1.43 bits per heavy atom. The van der Waals surface area contributed by atoms with Gasteiger partial charge < -0.3 is 13.9 Å². The van der Waals surface area contributed by atoms with Crippen molar-refractivity contribution < 1.29 is 13.9 Å². The molecule has 0 spiro atoms. The van der Waals surface area contributed by atoms with E-state index < -0.39 is 8.32 Å². The van der Waals surface area contributed by atoms with Crippen molar-refractivity contribution in [3.05, 3.63) is 60.7 Å². The highest BCUT2D eigenvalue weighted by molar-refractivity contribution is 6.99. The molecule has 0 aliphatic heterocycles. The lowest BCUT2D eigenvalue weighted by Crippen LogP contribution is -2.67. The standard InChI is InChI=1S/C26H36O3Si/c1-8-21(2)25(28-20-27-7)22(3)19-29-30(26(4,5)6,23-15-11-9-12-16-23)24-17-13-10-14-18-24/h1,9-18,21-22,25H,19-20H2,2-7H3/t21-,22+,25-/m0/s1. The molecular formula is C26H36O3Si. The summed E-state index contributed by atoms with van der Waals surface area (Å²) in [5, 5.41) is 2.49. The quantitative estimate of drug-likeness (QED) is 0.320. The van der Waals surface area contributed by atoms with Crippen molar-refractivity contribution in [2.75, 3.05) is 20.5 Å². The molecule has 0 saturated carbocycles. The van der Waals surface area contributed by atoms with Crippen LogP contribution in [0.15, 0.2) is 60.7 Å². The molecule has 0 N–H and O–H groups in total. The molecule has 0 unspecified atom stereocenters. The summed E-state index contributed by atoms with van der Waals surface area (Å²) in [6.07, 6.45) is 5.58. The number of benzene rings is 2. The minimum absolute atomic E-state index is 0.0297. The molecular weight excluding hydrogens is 388 g/mol. The van der Waals surface area contributed by atoms with Crippen molar-refractivity contribution >= 4 is 18.7 Å². The van der Waals surface area contributed by atoms with Crippen LogP contribution >= 0.6 is 0 Å². The number of methoxy groups -OCH3 is 1. The summed E-state index contributed by atoms with van der Waals surface area (Å²) in [4.78, 5) is 0. The van der Waals surface area contributed by atoms with Crippen molar-refractivity contribution in [3.63, 3.8) is 0 Å². The van der Waals surface area contributed by atoms with Gasteiger partial charge in [0, 0.05) is 25.6 Å². The van der Waals surface area contributed by atoms with Gasteiger partial charge in [-0.05, 0) is 22.3 Å². The zero-order valence-electron chi connectivity index (χ0n) is 19.2. The normalized spacial score (nSPS) is 15.2. The van der Waals surface area contributed by atoms with Crippen LogP contribution in [-0.2, 0) is 13.9 Å². The van der Waals surface area contributed by atoms with Crippen LogP contribution in [0.25, 0.3) is 0 Å². The molecule has 0 radical (unpaired) electrons. The fourth-order valence-electron chi connectivity index (χ4n) is 4.16. The van der Waals surface area contributed by atoms with Gasteiger partial charge in [-0.3, -0.25) is 0 Å². The van der Waals surface area contributed by atoms with Gasteiger partial charge in [-0.2, -0.15) is 0 Å². The van der Waals surface area contributed by atoms with Crippen LogP contribution in [0.5, 0.6) is 0 Å². The van der Waals surface area contributed by atoms with Crippen LogP contribution in [0.2, 0.25) is 5.04 Å². The number of rotatable bonds is 10. The van der Waals surface area contributed by atoms with Crippen molar-refractivity contribution in [1.29, 1.82) is 0 Å². The predicted molar refractivity (Wildman–Crippen MR) is 127 cm³/mol. The van der Waals surface area contributed by atoms with E-state index in [1.54, 1.807) is 7.11 Å². The molecule has 4 heteroatoms. The van der Waals surface area contributed by atoms with Crippen LogP contribution in [-0.4, -0.2) is 34.9 Å². The highest BCUT2D eigenvalue weighted by Crippen LogP contribution is 2.37. The maximum absolute atomic E-state index is 7.03. The first-order valence-electron chi connectivity index (χ1n) is 10.6. The molecule has 0 fully saturated rings. The van der Waals surface area contributed by atoms with E-state index in [9.17, 15) is 0 Å². The Kier molecular flexibility index (Phi) is 8.87. The van der Waals surface area contributed by atoms with Crippen molar-refractivity contribution in [1.82, 2.24) is 0 Å². The fourth-order valence-corrected chi connectivity index (χ4v) is 8.82. The molecule has 0 aliphatic carbocycles. The van der Waals surface area contributed by atoms with E-state index in [-0.39, 0.29) is 29.8 Å². The van der Waals surface area contributed by atoms with E-state index in [1.807, 2.05) is 6.92 Å². The Balaban J connectivity index is 2.45. The lowest BCUT2D eigenvalue weighted by molar-refractivity contribution is -0.105. The van der Waals surface area contributed by atoms with E-state index in [0.717, 1.165) is 0 Å². The second-order valence-electron chi connectivity index (χ2n) is 8.94. The number of terminal acetylenes is 1. The third kappa shape index (κ3) is 5.41. The van der Waals surface area contributed by atoms with Gasteiger partial charge >= 0.3 is 0 Å². The molecule has 0 aromatic heterocycles. The zero-order valence-corrected chi connectivity index (χ0v) is 20.2. The van der Waals surface area contributed by atoms with E-state index in [2.05, 4.69) is 94.3 Å². The maximum atomic E-state index is 7.03. The molecule has 0 heterocycles. The third-order valence-electron chi connectivity index (χ3n) is 5.67. The first kappa shape index (κ1) is 24.4. The largest absolute Gasteiger partial charge is 0.407 e. The lowest BCUT2D eigenvalue weighted by atomic mass is 9.94. The van der Waals surface area contributed by atoms with E-state index in [0.29, 0.717) is 6.61 Å². The van der Waals surface area contributed by atoms with Gasteiger partial charge in [-0.15, -0.1) is 12.3 Å². The summed E-state index contributed by atoms with van der Waals surface area (Å²) in [6.45, 7) is 11.8. The summed E-state index contributed by atoms with van der Waals surface area (Å²) in [6, 6.07) is 21.3. The molecule has 0 saturated heterocycles. The summed E-state index contributed by atoms with van der Waals surface area (Å²) in [5.41, 5.74) is 0. The van der Waals surface area contributed by atoms with Gasteiger partial charge in [-0.1, -0.05) is 88.4 Å². The van der Waals surface area contributed by atoms with Crippen molar-refractivity contribution in [2.24, 2.45) is 11.8 Å². The molecule has 0 bridgehead atoms. The molecule has 2 aromatic carbocycles. The number of ether oxygens (including phenoxy) is 2. The topological polar surface area (TPSA) is 27.7 Å². The second kappa shape index (κ2) is 10.9. The Labute approximate surface area is 183 Å². The van der Waals surface area contributed by atoms with E-state index >= 15 is 0 Å². The minimum atomic E-state index is -2.57. The first-order chi connectivity index (χ1) is 14.3. The maximum Gasteiger partial charge on any atom is 0.261 e. The highest BCUT2D eigenvalue weighted by atomic mass is 28.4. The average molecular weight is 425 g/mol. The lowest BCUT2D eigenvalue weighted by Gasteiger charge is -2.44. The Bertz CT molecular complexity index is 753. The van der Waals surface area contributed by atoms with Gasteiger partial charge in [-0.25, -0.2) is 0 Å². The smallest absolute Gasteiger partial charge is 0.261 e. The number of hydrogen-bond donors (Lipinski definition) is 0.